The fourth-order valence-corrected chi connectivity index (χ4v) is 3.23. The molecule has 0 aliphatic carbocycles. The Kier molecular flexibility index (Phi) is 3.65. The topological polar surface area (TPSA) is 83.3 Å². The van der Waals surface area contributed by atoms with E-state index in [1.165, 1.54) is 0 Å². The highest BCUT2D eigenvalue weighted by atomic mass is 16.7. The van der Waals surface area contributed by atoms with Gasteiger partial charge >= 0.3 is 0 Å². The van der Waals surface area contributed by atoms with Gasteiger partial charge in [0.25, 0.3) is 0 Å². The van der Waals surface area contributed by atoms with Crippen molar-refractivity contribution in [2.75, 3.05) is 25.9 Å². The van der Waals surface area contributed by atoms with E-state index in [0.717, 1.165) is 11.3 Å². The van der Waals surface area contributed by atoms with E-state index in [0.29, 0.717) is 23.0 Å². The van der Waals surface area contributed by atoms with Gasteiger partial charge in [0.1, 0.15) is 6.04 Å². The van der Waals surface area contributed by atoms with Crippen molar-refractivity contribution < 1.29 is 23.7 Å². The molecule has 7 heteroatoms. The molecule has 2 heterocycles. The summed E-state index contributed by atoms with van der Waals surface area (Å²) in [5, 5.41) is 0. The molecular weight excluding hydrogens is 324 g/mol. The van der Waals surface area contributed by atoms with Gasteiger partial charge in [-0.05, 0) is 29.8 Å². The van der Waals surface area contributed by atoms with Crippen molar-refractivity contribution in [2.45, 2.75) is 12.1 Å². The number of ether oxygens (including phenoxy) is 4. The molecule has 1 fully saturated rings. The van der Waals surface area contributed by atoms with Gasteiger partial charge in [0, 0.05) is 11.8 Å². The number of methoxy groups -OCH3 is 2. The SMILES string of the molecule is COc1ccc([C@@H]2[C@H](N)C(=O)N2c2ccc3c(c2)OCO3)cc1OC. The van der Waals surface area contributed by atoms with Crippen LogP contribution >= 0.6 is 0 Å². The Balaban J connectivity index is 1.70. The number of hydrogen-bond acceptors (Lipinski definition) is 6. The van der Waals surface area contributed by atoms with Crippen molar-refractivity contribution in [1.82, 2.24) is 0 Å². The van der Waals surface area contributed by atoms with Crippen molar-refractivity contribution in [2.24, 2.45) is 5.73 Å². The second-order valence-corrected chi connectivity index (χ2v) is 5.83. The lowest BCUT2D eigenvalue weighted by Crippen LogP contribution is -2.63. The third-order valence-corrected chi connectivity index (χ3v) is 4.52. The van der Waals surface area contributed by atoms with Gasteiger partial charge in [0.15, 0.2) is 23.0 Å². The van der Waals surface area contributed by atoms with Gasteiger partial charge in [-0.25, -0.2) is 0 Å². The van der Waals surface area contributed by atoms with Crippen LogP contribution in [0.4, 0.5) is 5.69 Å². The van der Waals surface area contributed by atoms with Crippen LogP contribution < -0.4 is 29.6 Å². The second kappa shape index (κ2) is 5.86. The lowest BCUT2D eigenvalue weighted by molar-refractivity contribution is -0.126. The molecule has 0 spiro atoms. The van der Waals surface area contributed by atoms with E-state index in [9.17, 15) is 4.79 Å². The number of fused-ring (bicyclic) bond motifs is 1. The zero-order valence-electron chi connectivity index (χ0n) is 13.9. The van der Waals surface area contributed by atoms with Crippen LogP contribution in [0.2, 0.25) is 0 Å². The summed E-state index contributed by atoms with van der Waals surface area (Å²) in [6.07, 6.45) is 0. The van der Waals surface area contributed by atoms with Crippen LogP contribution in [0.15, 0.2) is 36.4 Å². The van der Waals surface area contributed by atoms with E-state index in [-0.39, 0.29) is 18.7 Å². The molecule has 25 heavy (non-hydrogen) atoms. The molecule has 1 saturated heterocycles. The fourth-order valence-electron chi connectivity index (χ4n) is 3.23. The fraction of sp³-hybridized carbons (Fsp3) is 0.278. The van der Waals surface area contributed by atoms with E-state index in [2.05, 4.69) is 0 Å². The first-order valence-electron chi connectivity index (χ1n) is 7.84. The first-order chi connectivity index (χ1) is 12.1. The third kappa shape index (κ3) is 2.35. The molecule has 0 unspecified atom stereocenters. The normalized spacial score (nSPS) is 21.1. The van der Waals surface area contributed by atoms with Crippen LogP contribution in [0, 0.1) is 0 Å². The Labute approximate surface area is 144 Å². The number of carbonyl (C=O) groups is 1. The van der Waals surface area contributed by atoms with Gasteiger partial charge in [0.05, 0.1) is 20.3 Å². The van der Waals surface area contributed by atoms with Gasteiger partial charge in [-0.15, -0.1) is 0 Å². The molecule has 0 aromatic heterocycles. The molecule has 7 nitrogen and oxygen atoms in total. The molecule has 4 rings (SSSR count). The third-order valence-electron chi connectivity index (χ3n) is 4.52. The van der Waals surface area contributed by atoms with Crippen LogP contribution in [-0.2, 0) is 4.79 Å². The van der Waals surface area contributed by atoms with Gasteiger partial charge in [-0.1, -0.05) is 6.07 Å². The summed E-state index contributed by atoms with van der Waals surface area (Å²) < 4.78 is 21.3. The van der Waals surface area contributed by atoms with E-state index < -0.39 is 6.04 Å². The molecule has 130 valence electrons. The summed E-state index contributed by atoms with van der Waals surface area (Å²) in [4.78, 5) is 14.1. The molecule has 2 aliphatic heterocycles. The zero-order valence-corrected chi connectivity index (χ0v) is 13.9. The number of amides is 1. The summed E-state index contributed by atoms with van der Waals surface area (Å²) in [5.74, 6) is 2.37. The predicted molar refractivity (Wildman–Crippen MR) is 90.3 cm³/mol. The smallest absolute Gasteiger partial charge is 0.247 e. The van der Waals surface area contributed by atoms with Crippen LogP contribution in [0.1, 0.15) is 11.6 Å². The lowest BCUT2D eigenvalue weighted by Gasteiger charge is -2.45. The first-order valence-corrected chi connectivity index (χ1v) is 7.84. The molecule has 0 radical (unpaired) electrons. The molecule has 1 amide bonds. The average Bonchev–Trinajstić information content (AvgIpc) is 3.12. The van der Waals surface area contributed by atoms with Crippen molar-refractivity contribution in [3.63, 3.8) is 0 Å². The van der Waals surface area contributed by atoms with E-state index in [4.69, 9.17) is 24.7 Å². The molecule has 0 bridgehead atoms. The molecular formula is C18H18N2O5. The summed E-state index contributed by atoms with van der Waals surface area (Å²) in [5.41, 5.74) is 7.68. The van der Waals surface area contributed by atoms with Gasteiger partial charge in [-0.3, -0.25) is 4.79 Å². The maximum atomic E-state index is 12.4. The van der Waals surface area contributed by atoms with E-state index in [1.807, 2.05) is 24.3 Å². The molecule has 2 aliphatic rings. The van der Waals surface area contributed by atoms with E-state index in [1.54, 1.807) is 31.3 Å². The number of hydrogen-bond donors (Lipinski definition) is 1. The quantitative estimate of drug-likeness (QED) is 0.854. The summed E-state index contributed by atoms with van der Waals surface area (Å²) in [7, 11) is 3.15. The first kappa shape index (κ1) is 15.6. The molecule has 2 aromatic rings. The summed E-state index contributed by atoms with van der Waals surface area (Å²) >= 11 is 0. The van der Waals surface area contributed by atoms with Gasteiger partial charge in [0.2, 0.25) is 12.7 Å². The average molecular weight is 342 g/mol. The number of carbonyl (C=O) groups excluding carboxylic acids is 1. The predicted octanol–water partition coefficient (Wildman–Crippen LogP) is 1.85. The van der Waals surface area contributed by atoms with Gasteiger partial charge < -0.3 is 29.6 Å². The number of benzene rings is 2. The summed E-state index contributed by atoms with van der Waals surface area (Å²) in [6, 6.07) is 10.1. The van der Waals surface area contributed by atoms with Crippen LogP contribution in [-0.4, -0.2) is 33.0 Å². The Morgan fingerprint density at radius 3 is 2.56 bits per heavy atom. The number of rotatable bonds is 4. The summed E-state index contributed by atoms with van der Waals surface area (Å²) in [6.45, 7) is 0.186. The van der Waals surface area contributed by atoms with Crippen molar-refractivity contribution >= 4 is 11.6 Å². The highest BCUT2D eigenvalue weighted by molar-refractivity contribution is 6.05. The minimum Gasteiger partial charge on any atom is -0.493 e. The van der Waals surface area contributed by atoms with Crippen LogP contribution in [0.3, 0.4) is 0 Å². The van der Waals surface area contributed by atoms with Gasteiger partial charge in [-0.2, -0.15) is 0 Å². The number of β-lactam (4-membered cyclic amide) rings is 1. The molecule has 0 saturated carbocycles. The number of anilines is 1. The highest BCUT2D eigenvalue weighted by Crippen LogP contribution is 2.44. The Hall–Kier alpha value is -2.93. The Morgan fingerprint density at radius 1 is 1.04 bits per heavy atom. The maximum absolute atomic E-state index is 12.4. The van der Waals surface area contributed by atoms with Crippen molar-refractivity contribution in [3.8, 4) is 23.0 Å². The standard InChI is InChI=1S/C18H18N2O5/c1-22-12-5-3-10(7-14(12)23-2)17-16(19)18(21)20(17)11-4-6-13-15(8-11)25-9-24-13/h3-8,16-17H,9,19H2,1-2H3/t16-,17+/m0/s1. The van der Waals surface area contributed by atoms with Crippen LogP contribution in [0.25, 0.3) is 0 Å². The Morgan fingerprint density at radius 2 is 1.80 bits per heavy atom. The second-order valence-electron chi connectivity index (χ2n) is 5.83. The molecule has 2 atom stereocenters. The zero-order chi connectivity index (χ0) is 17.6. The van der Waals surface area contributed by atoms with E-state index >= 15 is 0 Å². The minimum absolute atomic E-state index is 0.140. The largest absolute Gasteiger partial charge is 0.493 e. The van der Waals surface area contributed by atoms with Crippen molar-refractivity contribution in [1.29, 1.82) is 0 Å². The van der Waals surface area contributed by atoms with Crippen LogP contribution in [0.5, 0.6) is 23.0 Å². The Bertz CT molecular complexity index is 838. The number of nitrogens with zero attached hydrogens (tertiary/aromatic N) is 1. The monoisotopic (exact) mass is 342 g/mol. The molecule has 2 N–H and O–H groups in total. The van der Waals surface area contributed by atoms with Crippen molar-refractivity contribution in [3.05, 3.63) is 42.0 Å². The minimum atomic E-state index is -0.608. The maximum Gasteiger partial charge on any atom is 0.247 e. The molecule has 2 aromatic carbocycles. The lowest BCUT2D eigenvalue weighted by atomic mass is 9.88. The highest BCUT2D eigenvalue weighted by Gasteiger charge is 2.47. The number of nitrogens with two attached hydrogens (primary N) is 1.